The zero-order valence-electron chi connectivity index (χ0n) is 13.0. The Morgan fingerprint density at radius 3 is 2.48 bits per heavy atom. The number of rotatable bonds is 2. The molecule has 0 unspecified atom stereocenters. The molecule has 0 atom stereocenters. The third-order valence-electron chi connectivity index (χ3n) is 3.68. The van der Waals surface area contributed by atoms with Crippen LogP contribution in [0.25, 0.3) is 6.08 Å². The molecular formula is C18H12BrFN2O2S. The summed E-state index contributed by atoms with van der Waals surface area (Å²) in [5.41, 5.74) is 1.88. The Hall–Kier alpha value is -2.38. The number of aryl methyl sites for hydroxylation is 1. The molecular weight excluding hydrogens is 407 g/mol. The maximum atomic E-state index is 13.0. The first kappa shape index (κ1) is 17.4. The summed E-state index contributed by atoms with van der Waals surface area (Å²) in [5.74, 6) is -1.50. The first-order valence-electron chi connectivity index (χ1n) is 7.30. The van der Waals surface area contributed by atoms with Gasteiger partial charge >= 0.3 is 0 Å². The summed E-state index contributed by atoms with van der Waals surface area (Å²) in [6, 6.07) is 10.9. The lowest BCUT2D eigenvalue weighted by atomic mass is 10.1. The maximum absolute atomic E-state index is 13.0. The molecule has 3 rings (SSSR count). The fourth-order valence-corrected chi connectivity index (χ4v) is 3.22. The van der Waals surface area contributed by atoms with Crippen molar-refractivity contribution < 1.29 is 14.0 Å². The largest absolute Gasteiger partial charge is 0.298 e. The summed E-state index contributed by atoms with van der Waals surface area (Å²) in [5, 5.41) is 2.55. The highest BCUT2D eigenvalue weighted by atomic mass is 79.9. The molecule has 1 aliphatic heterocycles. The highest BCUT2D eigenvalue weighted by molar-refractivity contribution is 9.10. The van der Waals surface area contributed by atoms with E-state index in [1.165, 1.54) is 35.2 Å². The van der Waals surface area contributed by atoms with Gasteiger partial charge in [-0.3, -0.25) is 19.8 Å². The van der Waals surface area contributed by atoms with E-state index in [0.29, 0.717) is 11.3 Å². The molecule has 1 heterocycles. The molecule has 25 heavy (non-hydrogen) atoms. The van der Waals surface area contributed by atoms with Crippen LogP contribution in [0.2, 0.25) is 0 Å². The van der Waals surface area contributed by atoms with Crippen LogP contribution in [0.1, 0.15) is 11.1 Å². The number of carbonyl (C=O) groups excluding carboxylic acids is 2. The molecule has 7 heteroatoms. The third kappa shape index (κ3) is 3.52. The van der Waals surface area contributed by atoms with Crippen LogP contribution in [0.5, 0.6) is 0 Å². The smallest absolute Gasteiger partial charge is 0.270 e. The van der Waals surface area contributed by atoms with Crippen molar-refractivity contribution in [2.75, 3.05) is 4.90 Å². The van der Waals surface area contributed by atoms with Crippen LogP contribution in [0.3, 0.4) is 0 Å². The Labute approximate surface area is 157 Å². The van der Waals surface area contributed by atoms with E-state index in [9.17, 15) is 14.0 Å². The van der Waals surface area contributed by atoms with Crippen molar-refractivity contribution in [2.45, 2.75) is 6.92 Å². The normalized spacial score (nSPS) is 16.4. The summed E-state index contributed by atoms with van der Waals surface area (Å²) >= 11 is 8.55. The molecule has 2 amide bonds. The van der Waals surface area contributed by atoms with Crippen LogP contribution in [0.15, 0.2) is 52.5 Å². The second kappa shape index (κ2) is 6.85. The van der Waals surface area contributed by atoms with Gasteiger partial charge in [0.2, 0.25) is 0 Å². The molecule has 2 aromatic carbocycles. The molecule has 1 fully saturated rings. The molecule has 0 radical (unpaired) electrons. The van der Waals surface area contributed by atoms with Crippen molar-refractivity contribution in [2.24, 2.45) is 0 Å². The lowest BCUT2D eigenvalue weighted by molar-refractivity contribution is -0.122. The van der Waals surface area contributed by atoms with E-state index in [2.05, 4.69) is 21.2 Å². The van der Waals surface area contributed by atoms with Crippen molar-refractivity contribution in [1.29, 1.82) is 0 Å². The highest BCUT2D eigenvalue weighted by Crippen LogP contribution is 2.27. The predicted molar refractivity (Wildman–Crippen MR) is 101 cm³/mol. The number of anilines is 1. The summed E-state index contributed by atoms with van der Waals surface area (Å²) < 4.78 is 13.9. The van der Waals surface area contributed by atoms with Gasteiger partial charge < -0.3 is 0 Å². The molecule has 0 saturated carbocycles. The maximum Gasteiger partial charge on any atom is 0.270 e. The van der Waals surface area contributed by atoms with Gasteiger partial charge in [-0.15, -0.1) is 0 Å². The molecule has 1 N–H and O–H groups in total. The molecule has 0 aromatic heterocycles. The summed E-state index contributed by atoms with van der Waals surface area (Å²) in [4.78, 5) is 26.4. The quantitative estimate of drug-likeness (QED) is 0.459. The Bertz CT molecular complexity index is 925. The number of nitrogens with zero attached hydrogens (tertiary/aromatic N) is 1. The summed E-state index contributed by atoms with van der Waals surface area (Å²) in [7, 11) is 0. The molecule has 4 nitrogen and oxygen atoms in total. The molecule has 126 valence electrons. The van der Waals surface area contributed by atoms with Crippen molar-refractivity contribution in [3.63, 3.8) is 0 Å². The predicted octanol–water partition coefficient (Wildman–Crippen LogP) is 3.73. The van der Waals surface area contributed by atoms with E-state index in [0.717, 1.165) is 10.0 Å². The summed E-state index contributed by atoms with van der Waals surface area (Å²) in [6.07, 6.45) is 1.42. The number of amides is 2. The number of benzene rings is 2. The number of halogens is 2. The molecule has 1 saturated heterocycles. The van der Waals surface area contributed by atoms with E-state index < -0.39 is 17.6 Å². The van der Waals surface area contributed by atoms with Crippen LogP contribution in [-0.2, 0) is 9.59 Å². The van der Waals surface area contributed by atoms with Gasteiger partial charge in [-0.05, 0) is 66.7 Å². The second-order valence-electron chi connectivity index (χ2n) is 5.44. The van der Waals surface area contributed by atoms with Gasteiger partial charge in [-0.2, -0.15) is 0 Å². The van der Waals surface area contributed by atoms with E-state index >= 15 is 0 Å². The molecule has 1 aliphatic rings. The average Bonchev–Trinajstić information content (AvgIpc) is 2.55. The van der Waals surface area contributed by atoms with Crippen LogP contribution < -0.4 is 10.2 Å². The lowest BCUT2D eigenvalue weighted by Crippen LogP contribution is -2.54. The number of thiocarbonyl (C=S) groups is 1. The first-order chi connectivity index (χ1) is 11.9. The van der Waals surface area contributed by atoms with Crippen molar-refractivity contribution in [3.8, 4) is 0 Å². The van der Waals surface area contributed by atoms with Gasteiger partial charge in [0, 0.05) is 4.47 Å². The van der Waals surface area contributed by atoms with Gasteiger partial charge in [0.05, 0.1) is 5.69 Å². The van der Waals surface area contributed by atoms with E-state index in [-0.39, 0.29) is 10.7 Å². The SMILES string of the molecule is Cc1cc(Br)ccc1N1C(=O)/C(=C/c2ccc(F)cc2)C(=O)NC1=S. The average molecular weight is 419 g/mol. The van der Waals surface area contributed by atoms with E-state index in [1.807, 2.05) is 13.0 Å². The van der Waals surface area contributed by atoms with Crippen molar-refractivity contribution in [3.05, 3.63) is 69.5 Å². The third-order valence-corrected chi connectivity index (χ3v) is 4.46. The highest BCUT2D eigenvalue weighted by Gasteiger charge is 2.35. The summed E-state index contributed by atoms with van der Waals surface area (Å²) in [6.45, 7) is 1.84. The van der Waals surface area contributed by atoms with E-state index in [4.69, 9.17) is 12.2 Å². The van der Waals surface area contributed by atoms with Gasteiger partial charge in [0.1, 0.15) is 11.4 Å². The Balaban J connectivity index is 2.03. The fraction of sp³-hybridized carbons (Fsp3) is 0.0556. The van der Waals surface area contributed by atoms with Gasteiger partial charge in [-0.1, -0.05) is 28.1 Å². The van der Waals surface area contributed by atoms with Crippen LogP contribution in [0, 0.1) is 12.7 Å². The van der Waals surface area contributed by atoms with E-state index in [1.54, 1.807) is 12.1 Å². The lowest BCUT2D eigenvalue weighted by Gasteiger charge is -2.30. The second-order valence-corrected chi connectivity index (χ2v) is 6.74. The Morgan fingerprint density at radius 1 is 1.16 bits per heavy atom. The number of hydrogen-bond donors (Lipinski definition) is 1. The Kier molecular flexibility index (Phi) is 4.78. The van der Waals surface area contributed by atoms with Crippen LogP contribution in [-0.4, -0.2) is 16.9 Å². The van der Waals surface area contributed by atoms with Gasteiger partial charge in [0.25, 0.3) is 11.8 Å². The first-order valence-corrected chi connectivity index (χ1v) is 8.50. The van der Waals surface area contributed by atoms with Crippen molar-refractivity contribution in [1.82, 2.24) is 5.32 Å². The standard InChI is InChI=1S/C18H12BrFN2O2S/c1-10-8-12(19)4-7-15(10)22-17(24)14(16(23)21-18(22)25)9-11-2-5-13(20)6-3-11/h2-9H,1H3,(H,21,23,25)/b14-9+. The van der Waals surface area contributed by atoms with Crippen LogP contribution >= 0.6 is 28.1 Å². The van der Waals surface area contributed by atoms with Crippen LogP contribution in [0.4, 0.5) is 10.1 Å². The zero-order valence-corrected chi connectivity index (χ0v) is 15.4. The minimum absolute atomic E-state index is 0.0247. The molecule has 0 aliphatic carbocycles. The number of nitrogens with one attached hydrogen (secondary N) is 1. The monoisotopic (exact) mass is 418 g/mol. The minimum Gasteiger partial charge on any atom is -0.298 e. The molecule has 2 aromatic rings. The minimum atomic E-state index is -0.578. The fourth-order valence-electron chi connectivity index (χ4n) is 2.47. The topological polar surface area (TPSA) is 49.4 Å². The Morgan fingerprint density at radius 2 is 1.84 bits per heavy atom. The molecule has 0 bridgehead atoms. The number of hydrogen-bond acceptors (Lipinski definition) is 3. The zero-order chi connectivity index (χ0) is 18.1. The number of carbonyl (C=O) groups is 2. The van der Waals surface area contributed by atoms with Gasteiger partial charge in [0.15, 0.2) is 5.11 Å². The van der Waals surface area contributed by atoms with Gasteiger partial charge in [-0.25, -0.2) is 4.39 Å². The molecule has 0 spiro atoms. The van der Waals surface area contributed by atoms with Crippen molar-refractivity contribution >= 4 is 56.8 Å².